The zero-order valence-electron chi connectivity index (χ0n) is 9.88. The van der Waals surface area contributed by atoms with E-state index in [1.54, 1.807) is 13.0 Å². The van der Waals surface area contributed by atoms with Crippen LogP contribution in [0.25, 0.3) is 0 Å². The fourth-order valence-corrected chi connectivity index (χ4v) is 1.88. The van der Waals surface area contributed by atoms with Crippen LogP contribution in [0.15, 0.2) is 10.5 Å². The Hall–Kier alpha value is -0.770. The van der Waals surface area contributed by atoms with E-state index in [9.17, 15) is 4.79 Å². The average Bonchev–Trinajstić information content (AvgIpc) is 2.60. The Morgan fingerprint density at radius 1 is 1.56 bits per heavy atom. The number of furan rings is 1. The SMILES string of the molecule is CCOC(=O)c1cc(CC(C)C)oc1CBr. The van der Waals surface area contributed by atoms with E-state index in [1.807, 2.05) is 0 Å². The molecule has 0 atom stereocenters. The van der Waals surface area contributed by atoms with E-state index in [1.165, 1.54) is 0 Å². The molecule has 0 aliphatic heterocycles. The summed E-state index contributed by atoms with van der Waals surface area (Å²) in [6.45, 7) is 6.40. The third kappa shape index (κ3) is 3.37. The summed E-state index contributed by atoms with van der Waals surface area (Å²) in [4.78, 5) is 11.6. The number of hydrogen-bond donors (Lipinski definition) is 0. The van der Waals surface area contributed by atoms with Crippen molar-refractivity contribution in [1.29, 1.82) is 0 Å². The molecule has 0 aliphatic carbocycles. The van der Waals surface area contributed by atoms with E-state index in [0.717, 1.165) is 12.2 Å². The first-order chi connectivity index (χ1) is 7.58. The van der Waals surface area contributed by atoms with Crippen molar-refractivity contribution in [2.45, 2.75) is 32.5 Å². The van der Waals surface area contributed by atoms with E-state index in [2.05, 4.69) is 29.8 Å². The molecular weight excluding hydrogens is 272 g/mol. The topological polar surface area (TPSA) is 39.4 Å². The first-order valence-corrected chi connectivity index (χ1v) is 6.55. The summed E-state index contributed by atoms with van der Waals surface area (Å²) in [6.07, 6.45) is 0.833. The van der Waals surface area contributed by atoms with Crippen LogP contribution in [0.3, 0.4) is 0 Å². The van der Waals surface area contributed by atoms with Crippen molar-refractivity contribution in [3.63, 3.8) is 0 Å². The lowest BCUT2D eigenvalue weighted by molar-refractivity contribution is 0.0524. The largest absolute Gasteiger partial charge is 0.464 e. The molecule has 1 rings (SSSR count). The van der Waals surface area contributed by atoms with Crippen molar-refractivity contribution in [2.24, 2.45) is 5.92 Å². The fourth-order valence-electron chi connectivity index (χ4n) is 1.47. The standard InChI is InChI=1S/C12H17BrO3/c1-4-15-12(14)10-6-9(5-8(2)3)16-11(10)7-13/h6,8H,4-5,7H2,1-3H3. The fraction of sp³-hybridized carbons (Fsp3) is 0.583. The number of ether oxygens (including phenoxy) is 1. The molecule has 16 heavy (non-hydrogen) atoms. The lowest BCUT2D eigenvalue weighted by Gasteiger charge is -1.99. The van der Waals surface area contributed by atoms with Gasteiger partial charge in [-0.3, -0.25) is 0 Å². The third-order valence-electron chi connectivity index (χ3n) is 2.09. The van der Waals surface area contributed by atoms with E-state index in [-0.39, 0.29) is 5.97 Å². The number of carbonyl (C=O) groups is 1. The molecule has 1 aromatic rings. The van der Waals surface area contributed by atoms with Gasteiger partial charge in [-0.15, -0.1) is 0 Å². The summed E-state index contributed by atoms with van der Waals surface area (Å²) in [5.41, 5.74) is 0.536. The second kappa shape index (κ2) is 6.09. The van der Waals surface area contributed by atoms with Crippen molar-refractivity contribution in [1.82, 2.24) is 0 Å². The quantitative estimate of drug-likeness (QED) is 0.614. The molecule has 90 valence electrons. The second-order valence-corrected chi connectivity index (χ2v) is 4.56. The van der Waals surface area contributed by atoms with Crippen molar-refractivity contribution in [2.75, 3.05) is 6.61 Å². The maximum atomic E-state index is 11.6. The lowest BCUT2D eigenvalue weighted by Crippen LogP contribution is -2.05. The Bertz CT molecular complexity index is 355. The van der Waals surface area contributed by atoms with Crippen LogP contribution in [-0.4, -0.2) is 12.6 Å². The zero-order chi connectivity index (χ0) is 12.1. The number of carbonyl (C=O) groups excluding carboxylic acids is 1. The Morgan fingerprint density at radius 2 is 2.25 bits per heavy atom. The van der Waals surface area contributed by atoms with Gasteiger partial charge in [-0.25, -0.2) is 4.79 Å². The third-order valence-corrected chi connectivity index (χ3v) is 2.60. The van der Waals surface area contributed by atoms with E-state index in [0.29, 0.717) is 29.2 Å². The molecule has 1 aromatic heterocycles. The first kappa shape index (κ1) is 13.3. The summed E-state index contributed by atoms with van der Waals surface area (Å²) in [7, 11) is 0. The predicted molar refractivity (Wildman–Crippen MR) is 65.8 cm³/mol. The molecule has 0 saturated heterocycles. The Balaban J connectivity index is 2.90. The van der Waals surface area contributed by atoms with E-state index < -0.39 is 0 Å². The Labute approximate surface area is 104 Å². The average molecular weight is 289 g/mol. The summed E-state index contributed by atoms with van der Waals surface area (Å²) in [5, 5.41) is 0.527. The number of halogens is 1. The zero-order valence-corrected chi connectivity index (χ0v) is 11.5. The predicted octanol–water partition coefficient (Wildman–Crippen LogP) is 3.55. The molecule has 3 nitrogen and oxygen atoms in total. The summed E-state index contributed by atoms with van der Waals surface area (Å²) in [6, 6.07) is 1.79. The van der Waals surface area contributed by atoms with Crippen LogP contribution in [0.2, 0.25) is 0 Å². The molecule has 0 N–H and O–H groups in total. The number of esters is 1. The molecule has 0 fully saturated rings. The van der Waals surface area contributed by atoms with Gasteiger partial charge in [-0.2, -0.15) is 0 Å². The highest BCUT2D eigenvalue weighted by Crippen LogP contribution is 2.21. The van der Waals surface area contributed by atoms with Gasteiger partial charge in [-0.1, -0.05) is 29.8 Å². The minimum Gasteiger partial charge on any atom is -0.464 e. The molecule has 4 heteroatoms. The number of rotatable bonds is 5. The van der Waals surface area contributed by atoms with Crippen LogP contribution < -0.4 is 0 Å². The number of hydrogen-bond acceptors (Lipinski definition) is 3. The summed E-state index contributed by atoms with van der Waals surface area (Å²) < 4.78 is 10.6. The summed E-state index contributed by atoms with van der Waals surface area (Å²) >= 11 is 3.31. The minimum atomic E-state index is -0.310. The van der Waals surface area contributed by atoms with Crippen molar-refractivity contribution in [3.05, 3.63) is 23.2 Å². The molecule has 1 heterocycles. The Kier molecular flexibility index (Phi) is 5.06. The summed E-state index contributed by atoms with van der Waals surface area (Å²) in [5.74, 6) is 1.68. The van der Waals surface area contributed by atoms with Crippen LogP contribution in [-0.2, 0) is 16.5 Å². The lowest BCUT2D eigenvalue weighted by atomic mass is 10.1. The highest BCUT2D eigenvalue weighted by atomic mass is 79.9. The highest BCUT2D eigenvalue weighted by molar-refractivity contribution is 9.08. The van der Waals surface area contributed by atoms with Gasteiger partial charge in [-0.05, 0) is 18.9 Å². The smallest absolute Gasteiger partial charge is 0.341 e. The van der Waals surface area contributed by atoms with Gasteiger partial charge in [0.1, 0.15) is 17.1 Å². The van der Waals surface area contributed by atoms with Crippen LogP contribution in [0.5, 0.6) is 0 Å². The Morgan fingerprint density at radius 3 is 2.75 bits per heavy atom. The van der Waals surface area contributed by atoms with Gasteiger partial charge >= 0.3 is 5.97 Å². The molecule has 0 unspecified atom stereocenters. The maximum absolute atomic E-state index is 11.6. The molecule has 0 bridgehead atoms. The molecule has 0 saturated carbocycles. The van der Waals surface area contributed by atoms with Crippen molar-refractivity contribution >= 4 is 21.9 Å². The molecule has 0 radical (unpaired) electrons. The van der Waals surface area contributed by atoms with Crippen LogP contribution in [0.1, 0.15) is 42.6 Å². The molecule has 0 aromatic carbocycles. The van der Waals surface area contributed by atoms with E-state index >= 15 is 0 Å². The van der Waals surface area contributed by atoms with Gasteiger partial charge in [0.25, 0.3) is 0 Å². The van der Waals surface area contributed by atoms with Crippen LogP contribution in [0, 0.1) is 5.92 Å². The monoisotopic (exact) mass is 288 g/mol. The molecule has 0 aliphatic rings. The molecule has 0 spiro atoms. The maximum Gasteiger partial charge on any atom is 0.341 e. The van der Waals surface area contributed by atoms with Gasteiger partial charge in [0.05, 0.1) is 11.9 Å². The first-order valence-electron chi connectivity index (χ1n) is 5.43. The van der Waals surface area contributed by atoms with Crippen molar-refractivity contribution < 1.29 is 13.9 Å². The van der Waals surface area contributed by atoms with E-state index in [4.69, 9.17) is 9.15 Å². The highest BCUT2D eigenvalue weighted by Gasteiger charge is 2.18. The van der Waals surface area contributed by atoms with Gasteiger partial charge in [0.15, 0.2) is 0 Å². The molecule has 0 amide bonds. The normalized spacial score (nSPS) is 10.8. The minimum absolute atomic E-state index is 0.310. The van der Waals surface area contributed by atoms with Crippen LogP contribution >= 0.6 is 15.9 Å². The van der Waals surface area contributed by atoms with Crippen molar-refractivity contribution in [3.8, 4) is 0 Å². The second-order valence-electron chi connectivity index (χ2n) is 4.00. The van der Waals surface area contributed by atoms with Gasteiger partial charge < -0.3 is 9.15 Å². The molecular formula is C12H17BrO3. The number of alkyl halides is 1. The van der Waals surface area contributed by atoms with Gasteiger partial charge in [0, 0.05) is 6.42 Å². The van der Waals surface area contributed by atoms with Crippen LogP contribution in [0.4, 0.5) is 0 Å². The van der Waals surface area contributed by atoms with Gasteiger partial charge in [0.2, 0.25) is 0 Å².